The first kappa shape index (κ1) is 12.8. The first-order valence-electron chi connectivity index (χ1n) is 5.97. The summed E-state index contributed by atoms with van der Waals surface area (Å²) in [6.07, 6.45) is 3.07. The van der Waals surface area contributed by atoms with Crippen LogP contribution in [0.15, 0.2) is 0 Å². The Hall–Kier alpha value is -1.61. The number of aliphatic carboxylic acids is 1. The van der Waals surface area contributed by atoms with E-state index in [9.17, 15) is 4.79 Å². The third-order valence-corrected chi connectivity index (χ3v) is 4.26. The van der Waals surface area contributed by atoms with Crippen molar-refractivity contribution < 1.29 is 9.90 Å². The summed E-state index contributed by atoms with van der Waals surface area (Å²) < 4.78 is 4.16. The molecule has 96 valence electrons. The molecule has 2 rings (SSSR count). The number of nitrogens with zero attached hydrogens (tertiary/aromatic N) is 2. The molecule has 0 radical (unpaired) electrons. The molecular formula is C12H15N3O2S. The van der Waals surface area contributed by atoms with Crippen LogP contribution in [0.3, 0.4) is 0 Å². The number of hydrogen-bond acceptors (Lipinski definition) is 5. The molecule has 1 aliphatic rings. The van der Waals surface area contributed by atoms with Crippen LogP contribution >= 0.6 is 11.5 Å². The lowest BCUT2D eigenvalue weighted by atomic mass is 9.86. The van der Waals surface area contributed by atoms with Crippen LogP contribution in [0.5, 0.6) is 0 Å². The van der Waals surface area contributed by atoms with Crippen molar-refractivity contribution in [3.8, 4) is 6.07 Å². The molecule has 0 atom stereocenters. The van der Waals surface area contributed by atoms with E-state index < -0.39 is 5.97 Å². The summed E-state index contributed by atoms with van der Waals surface area (Å²) in [5.74, 6) is -0.901. The molecule has 1 aromatic heterocycles. The zero-order valence-electron chi connectivity index (χ0n) is 10.1. The Bertz CT molecular complexity index is 484. The molecule has 1 fully saturated rings. The molecule has 1 aliphatic carbocycles. The van der Waals surface area contributed by atoms with Gasteiger partial charge in [0.2, 0.25) is 0 Å². The summed E-state index contributed by atoms with van der Waals surface area (Å²) in [6, 6.07) is 2.41. The molecule has 1 aromatic rings. The number of carbonyl (C=O) groups is 1. The minimum absolute atomic E-state index is 0.207. The summed E-state index contributed by atoms with van der Waals surface area (Å²) in [5.41, 5.74) is 1.37. The second kappa shape index (κ2) is 5.36. The summed E-state index contributed by atoms with van der Waals surface area (Å²) in [7, 11) is 0. The number of anilines is 1. The van der Waals surface area contributed by atoms with Gasteiger partial charge >= 0.3 is 5.97 Å². The van der Waals surface area contributed by atoms with Gasteiger partial charge in [-0.3, -0.25) is 4.79 Å². The summed E-state index contributed by atoms with van der Waals surface area (Å²) in [6.45, 7) is 1.82. The summed E-state index contributed by atoms with van der Waals surface area (Å²) >= 11 is 1.30. The normalized spacial score (nSPS) is 23.3. The van der Waals surface area contributed by atoms with Gasteiger partial charge in [0.1, 0.15) is 16.6 Å². The molecule has 0 amide bonds. The van der Waals surface area contributed by atoms with Crippen molar-refractivity contribution in [1.29, 1.82) is 5.26 Å². The Balaban J connectivity index is 1.96. The summed E-state index contributed by atoms with van der Waals surface area (Å²) in [4.78, 5) is 10.9. The van der Waals surface area contributed by atoms with Gasteiger partial charge in [0, 0.05) is 6.04 Å². The molecule has 0 aliphatic heterocycles. The van der Waals surface area contributed by atoms with Crippen LogP contribution < -0.4 is 5.32 Å². The Morgan fingerprint density at radius 2 is 2.17 bits per heavy atom. The molecule has 0 aromatic carbocycles. The van der Waals surface area contributed by atoms with Gasteiger partial charge in [-0.15, -0.1) is 0 Å². The van der Waals surface area contributed by atoms with Gasteiger partial charge in [0.05, 0.1) is 11.6 Å². The Morgan fingerprint density at radius 3 is 2.72 bits per heavy atom. The predicted molar refractivity (Wildman–Crippen MR) is 68.6 cm³/mol. The highest BCUT2D eigenvalue weighted by Gasteiger charge is 2.26. The van der Waals surface area contributed by atoms with Gasteiger partial charge in [0.15, 0.2) is 0 Å². The molecule has 18 heavy (non-hydrogen) atoms. The van der Waals surface area contributed by atoms with E-state index in [2.05, 4.69) is 15.8 Å². The predicted octanol–water partition coefficient (Wildman–Crippen LogP) is 2.38. The molecule has 1 saturated carbocycles. The van der Waals surface area contributed by atoms with Gasteiger partial charge in [-0.05, 0) is 44.1 Å². The molecule has 1 heterocycles. The highest BCUT2D eigenvalue weighted by molar-refractivity contribution is 7.10. The van der Waals surface area contributed by atoms with Gasteiger partial charge in [-0.25, -0.2) is 0 Å². The van der Waals surface area contributed by atoms with E-state index in [1.165, 1.54) is 11.5 Å². The van der Waals surface area contributed by atoms with E-state index in [-0.39, 0.29) is 12.0 Å². The number of aryl methyl sites for hydroxylation is 1. The number of nitrogens with one attached hydrogen (secondary N) is 1. The first-order valence-corrected chi connectivity index (χ1v) is 6.75. The monoisotopic (exact) mass is 265 g/mol. The van der Waals surface area contributed by atoms with Crippen molar-refractivity contribution >= 4 is 22.5 Å². The van der Waals surface area contributed by atoms with Gasteiger partial charge in [-0.2, -0.15) is 9.64 Å². The average Bonchev–Trinajstić information content (AvgIpc) is 2.70. The van der Waals surface area contributed by atoms with E-state index >= 15 is 0 Å². The van der Waals surface area contributed by atoms with Gasteiger partial charge < -0.3 is 10.4 Å². The second-order valence-corrected chi connectivity index (χ2v) is 5.39. The lowest BCUT2D eigenvalue weighted by Crippen LogP contribution is -2.29. The first-order chi connectivity index (χ1) is 8.61. The maximum atomic E-state index is 10.9. The highest BCUT2D eigenvalue weighted by Crippen LogP contribution is 2.30. The van der Waals surface area contributed by atoms with Crippen molar-refractivity contribution in [2.24, 2.45) is 5.92 Å². The summed E-state index contributed by atoms with van der Waals surface area (Å²) in [5, 5.41) is 22.1. The van der Waals surface area contributed by atoms with Crippen molar-refractivity contribution in [1.82, 2.24) is 4.37 Å². The van der Waals surface area contributed by atoms with Crippen LogP contribution in [0.2, 0.25) is 0 Å². The zero-order chi connectivity index (χ0) is 13.1. The Labute approximate surface area is 110 Å². The van der Waals surface area contributed by atoms with Crippen molar-refractivity contribution in [2.45, 2.75) is 38.6 Å². The molecule has 6 heteroatoms. The van der Waals surface area contributed by atoms with E-state index in [0.29, 0.717) is 18.4 Å². The lowest BCUT2D eigenvalue weighted by Gasteiger charge is -2.26. The number of carboxylic acid groups (broad SMARTS) is 1. The molecule has 5 nitrogen and oxygen atoms in total. The van der Waals surface area contributed by atoms with Crippen molar-refractivity contribution in [3.05, 3.63) is 11.3 Å². The molecular weight excluding hydrogens is 250 g/mol. The number of carboxylic acids is 1. The average molecular weight is 265 g/mol. The number of nitriles is 1. The third kappa shape index (κ3) is 2.62. The van der Waals surface area contributed by atoms with Crippen LogP contribution in [0.4, 0.5) is 5.00 Å². The van der Waals surface area contributed by atoms with Gasteiger partial charge in [0.25, 0.3) is 0 Å². The highest BCUT2D eigenvalue weighted by atomic mass is 32.1. The number of hydrogen-bond donors (Lipinski definition) is 2. The fourth-order valence-corrected chi connectivity index (χ4v) is 3.09. The van der Waals surface area contributed by atoms with Crippen LogP contribution in [0.25, 0.3) is 0 Å². The van der Waals surface area contributed by atoms with E-state index in [0.717, 1.165) is 23.5 Å². The largest absolute Gasteiger partial charge is 0.481 e. The van der Waals surface area contributed by atoms with Crippen LogP contribution in [0.1, 0.15) is 36.9 Å². The quantitative estimate of drug-likeness (QED) is 0.876. The van der Waals surface area contributed by atoms with Crippen molar-refractivity contribution in [3.63, 3.8) is 0 Å². The molecule has 2 N–H and O–H groups in total. The van der Waals surface area contributed by atoms with E-state index in [4.69, 9.17) is 10.4 Å². The molecule has 0 spiro atoms. The smallest absolute Gasteiger partial charge is 0.306 e. The minimum Gasteiger partial charge on any atom is -0.481 e. The molecule has 0 saturated heterocycles. The van der Waals surface area contributed by atoms with Crippen LogP contribution in [0, 0.1) is 24.2 Å². The minimum atomic E-state index is -0.695. The zero-order valence-corrected chi connectivity index (χ0v) is 11.0. The van der Waals surface area contributed by atoms with Crippen molar-refractivity contribution in [2.75, 3.05) is 5.32 Å². The SMILES string of the molecule is Cc1nsc(NC2CCC(C(=O)O)CC2)c1C#N. The standard InChI is InChI=1S/C12H15N3O2S/c1-7-10(6-13)11(18-15-7)14-9-4-2-8(3-5-9)12(16)17/h8-9,14H,2-5H2,1H3,(H,16,17). The van der Waals surface area contributed by atoms with Gasteiger partial charge in [-0.1, -0.05) is 0 Å². The molecule has 0 unspecified atom stereocenters. The fourth-order valence-electron chi connectivity index (χ4n) is 2.27. The lowest BCUT2D eigenvalue weighted by molar-refractivity contribution is -0.142. The topological polar surface area (TPSA) is 86.0 Å². The number of rotatable bonds is 3. The number of aromatic nitrogens is 1. The van der Waals surface area contributed by atoms with Crippen LogP contribution in [-0.2, 0) is 4.79 Å². The Kier molecular flexibility index (Phi) is 3.82. The maximum absolute atomic E-state index is 10.9. The second-order valence-electron chi connectivity index (χ2n) is 4.62. The molecule has 0 bridgehead atoms. The Morgan fingerprint density at radius 1 is 1.50 bits per heavy atom. The maximum Gasteiger partial charge on any atom is 0.306 e. The third-order valence-electron chi connectivity index (χ3n) is 3.39. The van der Waals surface area contributed by atoms with E-state index in [1.54, 1.807) is 0 Å². The fraction of sp³-hybridized carbons (Fsp3) is 0.583. The van der Waals surface area contributed by atoms with E-state index in [1.807, 2.05) is 6.92 Å². The van der Waals surface area contributed by atoms with Crippen LogP contribution in [-0.4, -0.2) is 21.5 Å².